The lowest BCUT2D eigenvalue weighted by Crippen LogP contribution is -2.38. The number of benzene rings is 1. The maximum absolute atomic E-state index is 12.7. The first-order chi connectivity index (χ1) is 15.5. The number of H-pyrrole nitrogens is 1. The van der Waals surface area contributed by atoms with E-state index in [-0.39, 0.29) is 11.8 Å². The van der Waals surface area contributed by atoms with Gasteiger partial charge in [-0.3, -0.25) is 19.4 Å². The Kier molecular flexibility index (Phi) is 5.28. The van der Waals surface area contributed by atoms with Crippen molar-refractivity contribution in [2.24, 2.45) is 13.0 Å². The molecule has 8 nitrogen and oxygen atoms in total. The van der Waals surface area contributed by atoms with E-state index < -0.39 is 0 Å². The number of nitrogens with zero attached hydrogens (tertiary/aromatic N) is 5. The molecule has 4 heterocycles. The normalized spacial score (nSPS) is 17.0. The molecule has 0 radical (unpaired) electrons. The average Bonchev–Trinajstić information content (AvgIpc) is 3.45. The SMILES string of the molecule is CN1C(=O)CCc2cccc(-c3[nH]ncc3CC3CCN(C(=O)c4cnn(C)c4)CC3)c21. The monoisotopic (exact) mass is 432 g/mol. The van der Waals surface area contributed by atoms with Crippen LogP contribution in [-0.2, 0) is 24.7 Å². The number of hydrogen-bond donors (Lipinski definition) is 1. The highest BCUT2D eigenvalue weighted by atomic mass is 16.2. The molecule has 2 aromatic heterocycles. The molecule has 0 atom stereocenters. The molecule has 1 N–H and O–H groups in total. The molecule has 1 fully saturated rings. The van der Waals surface area contributed by atoms with Crippen molar-refractivity contribution in [2.75, 3.05) is 25.0 Å². The molecule has 0 bridgehead atoms. The average molecular weight is 433 g/mol. The van der Waals surface area contributed by atoms with Crippen molar-refractivity contribution in [2.45, 2.75) is 32.1 Å². The lowest BCUT2D eigenvalue weighted by Gasteiger charge is -2.32. The van der Waals surface area contributed by atoms with Crippen molar-refractivity contribution in [1.29, 1.82) is 0 Å². The van der Waals surface area contributed by atoms with Crippen LogP contribution in [0.5, 0.6) is 0 Å². The van der Waals surface area contributed by atoms with Gasteiger partial charge in [0.15, 0.2) is 0 Å². The van der Waals surface area contributed by atoms with Gasteiger partial charge in [0.05, 0.1) is 29.3 Å². The summed E-state index contributed by atoms with van der Waals surface area (Å²) < 4.78 is 1.66. The molecule has 2 amide bonds. The molecule has 3 aromatic rings. The molecule has 0 saturated carbocycles. The van der Waals surface area contributed by atoms with Gasteiger partial charge in [-0.15, -0.1) is 0 Å². The van der Waals surface area contributed by atoms with E-state index in [1.54, 1.807) is 22.0 Å². The van der Waals surface area contributed by atoms with Gasteiger partial charge < -0.3 is 9.80 Å². The predicted octanol–water partition coefficient (Wildman–Crippen LogP) is 2.81. The number of likely N-dealkylation sites (tertiary alicyclic amines) is 1. The summed E-state index contributed by atoms with van der Waals surface area (Å²) in [5.74, 6) is 0.698. The van der Waals surface area contributed by atoms with Crippen LogP contribution in [0.15, 0.2) is 36.8 Å². The Morgan fingerprint density at radius 2 is 1.97 bits per heavy atom. The van der Waals surface area contributed by atoms with Crippen LogP contribution >= 0.6 is 0 Å². The molecule has 1 saturated heterocycles. The highest BCUT2D eigenvalue weighted by Gasteiger charge is 2.28. The summed E-state index contributed by atoms with van der Waals surface area (Å²) in [4.78, 5) is 28.7. The van der Waals surface area contributed by atoms with E-state index in [0.717, 1.165) is 55.7 Å². The quantitative estimate of drug-likeness (QED) is 0.687. The number of aryl methyl sites for hydroxylation is 2. The van der Waals surface area contributed by atoms with E-state index >= 15 is 0 Å². The van der Waals surface area contributed by atoms with Gasteiger partial charge in [0, 0.05) is 45.4 Å². The van der Waals surface area contributed by atoms with E-state index in [0.29, 0.717) is 17.9 Å². The van der Waals surface area contributed by atoms with E-state index in [1.807, 2.05) is 25.2 Å². The number of nitrogens with one attached hydrogen (secondary N) is 1. The highest BCUT2D eigenvalue weighted by Crippen LogP contribution is 2.38. The number of para-hydroxylation sites is 1. The topological polar surface area (TPSA) is 87.1 Å². The first-order valence-electron chi connectivity index (χ1n) is 11.2. The molecule has 8 heteroatoms. The zero-order valence-electron chi connectivity index (χ0n) is 18.5. The van der Waals surface area contributed by atoms with Crippen molar-refractivity contribution in [3.63, 3.8) is 0 Å². The first-order valence-corrected chi connectivity index (χ1v) is 11.2. The fourth-order valence-electron chi connectivity index (χ4n) is 4.99. The molecule has 1 aromatic carbocycles. The molecule has 166 valence electrons. The molecule has 2 aliphatic rings. The fourth-order valence-corrected chi connectivity index (χ4v) is 4.99. The third kappa shape index (κ3) is 3.70. The van der Waals surface area contributed by atoms with Gasteiger partial charge in [-0.2, -0.15) is 10.2 Å². The molecule has 32 heavy (non-hydrogen) atoms. The van der Waals surface area contributed by atoms with Gasteiger partial charge in [0.25, 0.3) is 5.91 Å². The van der Waals surface area contributed by atoms with E-state index in [4.69, 9.17) is 0 Å². The lowest BCUT2D eigenvalue weighted by molar-refractivity contribution is -0.118. The summed E-state index contributed by atoms with van der Waals surface area (Å²) in [6, 6.07) is 6.23. The summed E-state index contributed by atoms with van der Waals surface area (Å²) in [5, 5.41) is 11.6. The summed E-state index contributed by atoms with van der Waals surface area (Å²) in [6.45, 7) is 1.51. The van der Waals surface area contributed by atoms with Crippen LogP contribution in [0, 0.1) is 5.92 Å². The fraction of sp³-hybridized carbons (Fsp3) is 0.417. The van der Waals surface area contributed by atoms with Gasteiger partial charge in [0.2, 0.25) is 5.91 Å². The standard InChI is InChI=1S/C24H28N6O2/c1-28-15-19(14-26-28)24(32)30-10-8-16(9-11-30)12-18-13-25-27-22(18)20-5-3-4-17-6-7-21(31)29(2)23(17)20/h3-5,13-16H,6-12H2,1-2H3,(H,25,27). The second-order valence-electron chi connectivity index (χ2n) is 8.88. The molecular formula is C24H28N6O2. The van der Waals surface area contributed by atoms with E-state index in [9.17, 15) is 9.59 Å². The number of rotatable bonds is 4. The number of anilines is 1. The van der Waals surface area contributed by atoms with Crippen LogP contribution < -0.4 is 4.90 Å². The third-order valence-electron chi connectivity index (χ3n) is 6.79. The van der Waals surface area contributed by atoms with Gasteiger partial charge in [-0.1, -0.05) is 18.2 Å². The van der Waals surface area contributed by atoms with Crippen LogP contribution in [0.25, 0.3) is 11.3 Å². The Hall–Kier alpha value is -3.42. The number of aromatic amines is 1. The molecule has 0 spiro atoms. The first kappa shape index (κ1) is 20.5. The van der Waals surface area contributed by atoms with Crippen molar-refractivity contribution < 1.29 is 9.59 Å². The minimum atomic E-state index is 0.0594. The number of carbonyl (C=O) groups excluding carboxylic acids is 2. The number of hydrogen-bond acceptors (Lipinski definition) is 4. The Bertz CT molecular complexity index is 1150. The van der Waals surface area contributed by atoms with Crippen LogP contribution in [-0.4, -0.2) is 56.8 Å². The summed E-state index contributed by atoms with van der Waals surface area (Å²) in [5.41, 5.74) is 6.04. The molecular weight excluding hydrogens is 404 g/mol. The third-order valence-corrected chi connectivity index (χ3v) is 6.79. The van der Waals surface area contributed by atoms with Crippen molar-refractivity contribution in [1.82, 2.24) is 24.9 Å². The highest BCUT2D eigenvalue weighted by molar-refractivity contribution is 6.00. The maximum atomic E-state index is 12.7. The summed E-state index contributed by atoms with van der Waals surface area (Å²) >= 11 is 0. The van der Waals surface area contributed by atoms with Crippen molar-refractivity contribution in [3.05, 3.63) is 53.5 Å². The van der Waals surface area contributed by atoms with Crippen LogP contribution in [0.1, 0.15) is 40.7 Å². The zero-order valence-corrected chi connectivity index (χ0v) is 18.5. The maximum Gasteiger partial charge on any atom is 0.257 e. The van der Waals surface area contributed by atoms with Gasteiger partial charge in [0.1, 0.15) is 0 Å². The molecule has 0 unspecified atom stereocenters. The number of fused-ring (bicyclic) bond motifs is 1. The summed E-state index contributed by atoms with van der Waals surface area (Å²) in [6.07, 6.45) is 9.47. The van der Waals surface area contributed by atoms with Crippen LogP contribution in [0.4, 0.5) is 5.69 Å². The van der Waals surface area contributed by atoms with Crippen LogP contribution in [0.3, 0.4) is 0 Å². The van der Waals surface area contributed by atoms with Crippen molar-refractivity contribution >= 4 is 17.5 Å². The van der Waals surface area contributed by atoms with Gasteiger partial charge >= 0.3 is 0 Å². The molecule has 5 rings (SSSR count). The number of carbonyl (C=O) groups is 2. The Labute approximate surface area is 187 Å². The predicted molar refractivity (Wildman–Crippen MR) is 121 cm³/mol. The lowest BCUT2D eigenvalue weighted by atomic mass is 9.88. The minimum absolute atomic E-state index is 0.0594. The van der Waals surface area contributed by atoms with E-state index in [1.165, 1.54) is 11.1 Å². The number of aromatic nitrogens is 4. The molecule has 2 aliphatic heterocycles. The Morgan fingerprint density at radius 3 is 2.72 bits per heavy atom. The van der Waals surface area contributed by atoms with Gasteiger partial charge in [-0.25, -0.2) is 0 Å². The second-order valence-corrected chi connectivity index (χ2v) is 8.88. The van der Waals surface area contributed by atoms with Gasteiger partial charge in [-0.05, 0) is 42.7 Å². The smallest absolute Gasteiger partial charge is 0.257 e. The second kappa shape index (κ2) is 8.26. The minimum Gasteiger partial charge on any atom is -0.339 e. The number of piperidine rings is 1. The summed E-state index contributed by atoms with van der Waals surface area (Å²) in [7, 11) is 3.68. The van der Waals surface area contributed by atoms with Crippen LogP contribution in [0.2, 0.25) is 0 Å². The Balaban J connectivity index is 1.30. The largest absolute Gasteiger partial charge is 0.339 e. The Morgan fingerprint density at radius 1 is 1.16 bits per heavy atom. The van der Waals surface area contributed by atoms with E-state index in [2.05, 4.69) is 33.5 Å². The number of amides is 2. The zero-order chi connectivity index (χ0) is 22.2. The molecule has 0 aliphatic carbocycles. The van der Waals surface area contributed by atoms with Crippen molar-refractivity contribution in [3.8, 4) is 11.3 Å².